The molecule has 6 nitrogen and oxygen atoms in total. The van der Waals surface area contributed by atoms with Crippen molar-refractivity contribution in [1.29, 1.82) is 0 Å². The number of carbonyl (C=O) groups is 1. The molecule has 0 spiro atoms. The molecule has 0 aliphatic rings. The molecule has 1 atom stereocenters. The van der Waals surface area contributed by atoms with Crippen molar-refractivity contribution in [1.82, 2.24) is 9.62 Å². The number of nitrogens with zero attached hydrogens (tertiary/aromatic N) is 1. The largest absolute Gasteiger partial charge is 0.331 e. The van der Waals surface area contributed by atoms with Crippen LogP contribution in [0.1, 0.15) is 18.5 Å². The van der Waals surface area contributed by atoms with Gasteiger partial charge in [0.15, 0.2) is 0 Å². The molecule has 1 unspecified atom stereocenters. The van der Waals surface area contributed by atoms with Crippen LogP contribution in [0.2, 0.25) is 0 Å². The summed E-state index contributed by atoms with van der Waals surface area (Å²) < 4.78 is 26.8. The van der Waals surface area contributed by atoms with Gasteiger partial charge in [-0.2, -0.15) is 4.31 Å². The van der Waals surface area contributed by atoms with Crippen LogP contribution in [0, 0.1) is 0 Å². The molecule has 0 aliphatic heterocycles. The van der Waals surface area contributed by atoms with Gasteiger partial charge in [-0.1, -0.05) is 40.2 Å². The Morgan fingerprint density at radius 2 is 1.85 bits per heavy atom. The summed E-state index contributed by atoms with van der Waals surface area (Å²) in [6.45, 7) is 5.64. The fourth-order valence-electron chi connectivity index (χ4n) is 2.44. The molecule has 2 amide bonds. The Bertz CT molecular complexity index is 914. The Morgan fingerprint density at radius 1 is 1.22 bits per heavy atom. The summed E-state index contributed by atoms with van der Waals surface area (Å²) in [6.07, 6.45) is 1.52. The van der Waals surface area contributed by atoms with Crippen molar-refractivity contribution in [2.24, 2.45) is 0 Å². The number of carbonyl (C=O) groups excluding carboxylic acids is 1. The van der Waals surface area contributed by atoms with Gasteiger partial charge in [0.1, 0.15) is 0 Å². The van der Waals surface area contributed by atoms with Crippen LogP contribution in [0.4, 0.5) is 10.5 Å². The standard InChI is InChI=1S/C19H22BrN3O3S/c1-4-13-23(3)27(25,26)16-11-9-15(10-12-16)22-19(24)21-14(2)17-7-5-6-8-18(17)20/h4-12,14H,1,13H2,2-3H3,(H2,21,22,24). The smallest absolute Gasteiger partial charge is 0.319 e. The molecule has 0 heterocycles. The van der Waals surface area contributed by atoms with Gasteiger partial charge in [0.2, 0.25) is 10.0 Å². The molecule has 144 valence electrons. The second-order valence-corrected chi connectivity index (χ2v) is 8.84. The Labute approximate surface area is 168 Å². The van der Waals surface area contributed by atoms with Crippen LogP contribution in [-0.2, 0) is 10.0 Å². The van der Waals surface area contributed by atoms with Gasteiger partial charge in [-0.3, -0.25) is 0 Å². The normalized spacial score (nSPS) is 12.4. The first-order valence-electron chi connectivity index (χ1n) is 8.25. The molecule has 2 aromatic carbocycles. The molecular formula is C19H22BrN3O3S. The van der Waals surface area contributed by atoms with Gasteiger partial charge in [0.25, 0.3) is 0 Å². The van der Waals surface area contributed by atoms with E-state index >= 15 is 0 Å². The first-order valence-corrected chi connectivity index (χ1v) is 10.5. The van der Waals surface area contributed by atoms with Crippen molar-refractivity contribution >= 4 is 37.7 Å². The Hall–Kier alpha value is -2.16. The van der Waals surface area contributed by atoms with Crippen molar-refractivity contribution in [2.75, 3.05) is 18.9 Å². The second kappa shape index (κ2) is 9.16. The summed E-state index contributed by atoms with van der Waals surface area (Å²) in [5.41, 5.74) is 1.46. The fraction of sp³-hybridized carbons (Fsp3) is 0.211. The maximum atomic E-state index is 12.4. The summed E-state index contributed by atoms with van der Waals surface area (Å²) in [5, 5.41) is 5.55. The third-order valence-corrected chi connectivity index (χ3v) is 6.49. The minimum atomic E-state index is -3.58. The van der Waals surface area contributed by atoms with Gasteiger partial charge in [-0.05, 0) is 42.8 Å². The van der Waals surface area contributed by atoms with Crippen LogP contribution in [-0.4, -0.2) is 32.3 Å². The lowest BCUT2D eigenvalue weighted by Crippen LogP contribution is -2.31. The summed E-state index contributed by atoms with van der Waals surface area (Å²) in [5.74, 6) is 0. The number of benzene rings is 2. The van der Waals surface area contributed by atoms with Crippen LogP contribution < -0.4 is 10.6 Å². The number of nitrogens with one attached hydrogen (secondary N) is 2. The van der Waals surface area contributed by atoms with Crippen molar-refractivity contribution in [3.63, 3.8) is 0 Å². The van der Waals surface area contributed by atoms with E-state index in [0.29, 0.717) is 5.69 Å². The molecule has 0 aliphatic carbocycles. The SMILES string of the molecule is C=CCN(C)S(=O)(=O)c1ccc(NC(=O)NC(C)c2ccccc2Br)cc1. The van der Waals surface area contributed by atoms with Crippen molar-refractivity contribution in [2.45, 2.75) is 17.9 Å². The molecule has 8 heteroatoms. The lowest BCUT2D eigenvalue weighted by atomic mass is 10.1. The summed E-state index contributed by atoms with van der Waals surface area (Å²) in [7, 11) is -2.09. The number of urea groups is 1. The first-order chi connectivity index (χ1) is 12.8. The van der Waals surface area contributed by atoms with Crippen molar-refractivity contribution < 1.29 is 13.2 Å². The van der Waals surface area contributed by atoms with E-state index in [4.69, 9.17) is 0 Å². The van der Waals surface area contributed by atoms with Crippen LogP contribution in [0.3, 0.4) is 0 Å². The van der Waals surface area contributed by atoms with Crippen molar-refractivity contribution in [3.8, 4) is 0 Å². The Kier molecular flexibility index (Phi) is 7.18. The van der Waals surface area contributed by atoms with Crippen LogP contribution in [0.25, 0.3) is 0 Å². The number of hydrogen-bond acceptors (Lipinski definition) is 3. The summed E-state index contributed by atoms with van der Waals surface area (Å²) >= 11 is 3.46. The summed E-state index contributed by atoms with van der Waals surface area (Å²) in [6, 6.07) is 13.1. The van der Waals surface area contributed by atoms with E-state index in [-0.39, 0.29) is 23.5 Å². The molecule has 27 heavy (non-hydrogen) atoms. The van der Waals surface area contributed by atoms with Gasteiger partial charge in [-0.25, -0.2) is 13.2 Å². The minimum absolute atomic E-state index is 0.152. The lowest BCUT2D eigenvalue weighted by Gasteiger charge is -2.17. The Morgan fingerprint density at radius 3 is 2.44 bits per heavy atom. The summed E-state index contributed by atoms with van der Waals surface area (Å²) in [4.78, 5) is 12.4. The Balaban J connectivity index is 2.03. The van der Waals surface area contributed by atoms with Gasteiger partial charge >= 0.3 is 6.03 Å². The lowest BCUT2D eigenvalue weighted by molar-refractivity contribution is 0.249. The molecule has 2 aromatic rings. The zero-order valence-corrected chi connectivity index (χ0v) is 17.5. The number of amides is 2. The molecule has 0 fully saturated rings. The van der Waals surface area contributed by atoms with E-state index < -0.39 is 10.0 Å². The van der Waals surface area contributed by atoms with Crippen LogP contribution in [0.5, 0.6) is 0 Å². The quantitative estimate of drug-likeness (QED) is 0.620. The number of anilines is 1. The number of sulfonamides is 1. The number of rotatable bonds is 7. The zero-order chi connectivity index (χ0) is 20.0. The van der Waals surface area contributed by atoms with Gasteiger partial charge in [0, 0.05) is 23.8 Å². The highest BCUT2D eigenvalue weighted by Gasteiger charge is 2.19. The molecule has 2 rings (SSSR count). The van der Waals surface area contributed by atoms with E-state index in [2.05, 4.69) is 33.1 Å². The molecule has 2 N–H and O–H groups in total. The van der Waals surface area contributed by atoms with E-state index in [1.165, 1.54) is 29.6 Å². The third kappa shape index (κ3) is 5.41. The highest BCUT2D eigenvalue weighted by Crippen LogP contribution is 2.23. The van der Waals surface area contributed by atoms with E-state index in [1.807, 2.05) is 31.2 Å². The predicted molar refractivity (Wildman–Crippen MR) is 111 cm³/mol. The average Bonchev–Trinajstić information content (AvgIpc) is 2.62. The molecular weight excluding hydrogens is 430 g/mol. The van der Waals surface area contributed by atoms with E-state index in [1.54, 1.807) is 12.1 Å². The molecule has 0 aromatic heterocycles. The zero-order valence-electron chi connectivity index (χ0n) is 15.1. The number of hydrogen-bond donors (Lipinski definition) is 2. The highest BCUT2D eigenvalue weighted by atomic mass is 79.9. The van der Waals surface area contributed by atoms with E-state index in [0.717, 1.165) is 10.0 Å². The highest BCUT2D eigenvalue weighted by molar-refractivity contribution is 9.10. The number of halogens is 1. The molecule has 0 saturated heterocycles. The maximum absolute atomic E-state index is 12.4. The van der Waals surface area contributed by atoms with Gasteiger partial charge in [0.05, 0.1) is 10.9 Å². The van der Waals surface area contributed by atoms with Gasteiger partial charge < -0.3 is 10.6 Å². The second-order valence-electron chi connectivity index (χ2n) is 5.94. The topological polar surface area (TPSA) is 78.5 Å². The maximum Gasteiger partial charge on any atom is 0.319 e. The molecule has 0 saturated carbocycles. The average molecular weight is 452 g/mol. The number of likely N-dealkylation sites (N-methyl/N-ethyl adjacent to an activating group) is 1. The monoisotopic (exact) mass is 451 g/mol. The van der Waals surface area contributed by atoms with Crippen LogP contribution >= 0.6 is 15.9 Å². The minimum Gasteiger partial charge on any atom is -0.331 e. The van der Waals surface area contributed by atoms with Crippen LogP contribution in [0.15, 0.2) is 70.6 Å². The van der Waals surface area contributed by atoms with Gasteiger partial charge in [-0.15, -0.1) is 6.58 Å². The molecule has 0 bridgehead atoms. The molecule has 0 radical (unpaired) electrons. The predicted octanol–water partition coefficient (Wildman–Crippen LogP) is 4.14. The third-order valence-electron chi connectivity index (χ3n) is 3.93. The van der Waals surface area contributed by atoms with E-state index in [9.17, 15) is 13.2 Å². The van der Waals surface area contributed by atoms with Crippen molar-refractivity contribution in [3.05, 3.63) is 71.2 Å². The first kappa shape index (κ1) is 21.1. The fourth-order valence-corrected chi connectivity index (χ4v) is 4.21.